The molecule has 0 aliphatic rings. The predicted octanol–water partition coefficient (Wildman–Crippen LogP) is 3.48. The van der Waals surface area contributed by atoms with Crippen molar-refractivity contribution in [3.8, 4) is 0 Å². The number of thiophene rings is 1. The lowest BCUT2D eigenvalue weighted by atomic mass is 10.2. The highest BCUT2D eigenvalue weighted by Crippen LogP contribution is 2.31. The highest BCUT2D eigenvalue weighted by atomic mass is 32.2. The van der Waals surface area contributed by atoms with Crippen molar-refractivity contribution in [1.29, 1.82) is 0 Å². The van der Waals surface area contributed by atoms with Crippen molar-refractivity contribution < 1.29 is 17.9 Å². The summed E-state index contributed by atoms with van der Waals surface area (Å²) in [5.74, 6) is -0.605. The molecule has 26 heavy (non-hydrogen) atoms. The molecule has 2 aromatic rings. The number of hydrogen-bond acceptors (Lipinski definition) is 5. The lowest BCUT2D eigenvalue weighted by Gasteiger charge is -2.26. The Labute approximate surface area is 159 Å². The van der Waals surface area contributed by atoms with Gasteiger partial charge in [0.2, 0.25) is 10.0 Å². The zero-order chi connectivity index (χ0) is 19.6. The first-order valence-corrected chi connectivity index (χ1v) is 10.8. The van der Waals surface area contributed by atoms with Crippen LogP contribution in [-0.2, 0) is 28.4 Å². The Kier molecular flexibility index (Phi) is 6.31. The van der Waals surface area contributed by atoms with E-state index in [9.17, 15) is 13.2 Å². The molecule has 0 saturated carbocycles. The molecule has 2 heterocycles. The van der Waals surface area contributed by atoms with Gasteiger partial charge in [0.15, 0.2) is 0 Å². The minimum Gasteiger partial charge on any atom is -0.462 e. The van der Waals surface area contributed by atoms with E-state index in [4.69, 9.17) is 4.74 Å². The van der Waals surface area contributed by atoms with E-state index < -0.39 is 16.0 Å². The number of esters is 1. The van der Waals surface area contributed by atoms with Gasteiger partial charge in [0.25, 0.3) is 0 Å². The molecule has 8 heteroatoms. The van der Waals surface area contributed by atoms with Gasteiger partial charge in [-0.3, -0.25) is 0 Å². The Balaban J connectivity index is 2.63. The Morgan fingerprint density at radius 3 is 2.46 bits per heavy atom. The highest BCUT2D eigenvalue weighted by molar-refractivity contribution is 7.89. The number of hydrogen-bond donors (Lipinski definition) is 0. The quantitative estimate of drug-likeness (QED) is 0.670. The van der Waals surface area contributed by atoms with Crippen LogP contribution in [0.2, 0.25) is 0 Å². The van der Waals surface area contributed by atoms with E-state index >= 15 is 0 Å². The second-order valence-corrected chi connectivity index (χ2v) is 9.24. The van der Waals surface area contributed by atoms with Gasteiger partial charge in [-0.25, -0.2) is 13.2 Å². The Morgan fingerprint density at radius 2 is 1.96 bits per heavy atom. The van der Waals surface area contributed by atoms with Gasteiger partial charge >= 0.3 is 5.97 Å². The fraction of sp³-hybridized carbons (Fsp3) is 0.500. The normalized spacial score (nSPS) is 12.2. The second kappa shape index (κ2) is 7.94. The summed E-state index contributed by atoms with van der Waals surface area (Å²) in [5.41, 5.74) is 1.24. The number of carbonyl (C=O) groups excluding carboxylic acids is 1. The summed E-state index contributed by atoms with van der Waals surface area (Å²) < 4.78 is 35.3. The van der Waals surface area contributed by atoms with Crippen LogP contribution in [0.4, 0.5) is 0 Å². The smallest absolute Gasteiger partial charge is 0.341 e. The fourth-order valence-electron chi connectivity index (χ4n) is 2.89. The van der Waals surface area contributed by atoms with Crippen LogP contribution >= 0.6 is 11.3 Å². The molecule has 0 aromatic carbocycles. The molecule has 0 aliphatic heterocycles. The standard InChI is InChI=1S/C18H26N2O4S2/c1-7-24-18(21)16-13(4)19(6)14(5)17(16)26(22,23)20(12(2)3)11-15-9-8-10-25-15/h8-10,12H,7,11H2,1-6H3. The Hall–Kier alpha value is -1.64. The summed E-state index contributed by atoms with van der Waals surface area (Å²) in [6, 6.07) is 3.55. The predicted molar refractivity (Wildman–Crippen MR) is 103 cm³/mol. The van der Waals surface area contributed by atoms with E-state index in [1.807, 2.05) is 31.4 Å². The number of carbonyl (C=O) groups is 1. The van der Waals surface area contributed by atoms with Gasteiger partial charge in [0.05, 0.1) is 6.61 Å². The molecule has 0 bridgehead atoms. The molecule has 0 radical (unpaired) electrons. The zero-order valence-corrected chi connectivity index (χ0v) is 17.7. The highest BCUT2D eigenvalue weighted by Gasteiger charge is 2.36. The molecule has 2 rings (SSSR count). The third-order valence-corrected chi connectivity index (χ3v) is 7.48. The van der Waals surface area contributed by atoms with Crippen LogP contribution in [0.25, 0.3) is 0 Å². The number of sulfonamides is 1. The molecule has 144 valence electrons. The van der Waals surface area contributed by atoms with Gasteiger partial charge in [-0.1, -0.05) is 6.07 Å². The van der Waals surface area contributed by atoms with Crippen molar-refractivity contribution in [2.45, 2.75) is 52.1 Å². The molecule has 0 amide bonds. The Bertz CT molecular complexity index is 881. The summed E-state index contributed by atoms with van der Waals surface area (Å²) in [6.07, 6.45) is 0. The summed E-state index contributed by atoms with van der Waals surface area (Å²) in [4.78, 5) is 13.5. The zero-order valence-electron chi connectivity index (χ0n) is 16.1. The minimum atomic E-state index is -3.88. The summed E-state index contributed by atoms with van der Waals surface area (Å²) >= 11 is 1.51. The number of aromatic nitrogens is 1. The average Bonchev–Trinajstić information content (AvgIpc) is 3.15. The first-order valence-electron chi connectivity index (χ1n) is 8.50. The molecule has 0 spiro atoms. The SMILES string of the molecule is CCOC(=O)c1c(S(=O)(=O)N(Cc2cccs2)C(C)C)c(C)n(C)c1C. The molecule has 0 aliphatic carbocycles. The number of rotatable bonds is 7. The molecular formula is C18H26N2O4S2. The van der Waals surface area contributed by atoms with Gasteiger partial charge in [-0.2, -0.15) is 4.31 Å². The summed E-state index contributed by atoms with van der Waals surface area (Å²) in [5, 5.41) is 1.92. The number of ether oxygens (including phenoxy) is 1. The molecule has 0 saturated heterocycles. The van der Waals surface area contributed by atoms with Crippen LogP contribution in [-0.4, -0.2) is 35.9 Å². The molecule has 2 aromatic heterocycles. The van der Waals surface area contributed by atoms with E-state index in [0.29, 0.717) is 11.4 Å². The maximum atomic E-state index is 13.5. The fourth-order valence-corrected chi connectivity index (χ4v) is 5.78. The van der Waals surface area contributed by atoms with Crippen LogP contribution < -0.4 is 0 Å². The molecule has 0 fully saturated rings. The van der Waals surface area contributed by atoms with E-state index in [2.05, 4.69) is 0 Å². The van der Waals surface area contributed by atoms with E-state index in [1.165, 1.54) is 15.6 Å². The maximum Gasteiger partial charge on any atom is 0.341 e. The monoisotopic (exact) mass is 398 g/mol. The first kappa shape index (κ1) is 20.7. The lowest BCUT2D eigenvalue weighted by Crippen LogP contribution is -2.37. The van der Waals surface area contributed by atoms with E-state index in [0.717, 1.165) is 4.88 Å². The van der Waals surface area contributed by atoms with Crippen molar-refractivity contribution in [2.75, 3.05) is 6.61 Å². The van der Waals surface area contributed by atoms with Gasteiger partial charge < -0.3 is 9.30 Å². The molecular weight excluding hydrogens is 372 g/mol. The van der Waals surface area contributed by atoms with Crippen molar-refractivity contribution in [3.63, 3.8) is 0 Å². The molecule has 0 atom stereocenters. The van der Waals surface area contributed by atoms with Crippen molar-refractivity contribution in [1.82, 2.24) is 8.87 Å². The van der Waals surface area contributed by atoms with Crippen LogP contribution in [0.5, 0.6) is 0 Å². The number of nitrogens with zero attached hydrogens (tertiary/aromatic N) is 2. The largest absolute Gasteiger partial charge is 0.462 e. The third-order valence-electron chi connectivity index (χ3n) is 4.44. The van der Waals surface area contributed by atoms with Gasteiger partial charge in [-0.05, 0) is 46.1 Å². The van der Waals surface area contributed by atoms with Gasteiger partial charge in [0, 0.05) is 35.9 Å². The lowest BCUT2D eigenvalue weighted by molar-refractivity contribution is 0.0521. The van der Waals surface area contributed by atoms with Crippen LogP contribution in [0.15, 0.2) is 22.4 Å². The Morgan fingerprint density at radius 1 is 1.31 bits per heavy atom. The molecule has 0 unspecified atom stereocenters. The van der Waals surface area contributed by atoms with E-state index in [-0.39, 0.29) is 29.7 Å². The van der Waals surface area contributed by atoms with Crippen molar-refractivity contribution in [2.24, 2.45) is 7.05 Å². The summed E-state index contributed by atoms with van der Waals surface area (Å²) in [6.45, 7) is 9.28. The second-order valence-electron chi connectivity index (χ2n) is 6.38. The van der Waals surface area contributed by atoms with E-state index in [1.54, 1.807) is 32.4 Å². The van der Waals surface area contributed by atoms with Crippen LogP contribution in [0.3, 0.4) is 0 Å². The topological polar surface area (TPSA) is 68.6 Å². The van der Waals surface area contributed by atoms with Gasteiger partial charge in [0.1, 0.15) is 10.5 Å². The first-order chi connectivity index (χ1) is 12.1. The maximum absolute atomic E-state index is 13.5. The van der Waals surface area contributed by atoms with Crippen LogP contribution in [0.1, 0.15) is 47.4 Å². The van der Waals surface area contributed by atoms with Crippen molar-refractivity contribution in [3.05, 3.63) is 39.3 Å². The third kappa shape index (κ3) is 3.72. The minimum absolute atomic E-state index is 0.0428. The van der Waals surface area contributed by atoms with Crippen LogP contribution in [0, 0.1) is 13.8 Å². The summed E-state index contributed by atoms with van der Waals surface area (Å²) in [7, 11) is -2.13. The average molecular weight is 399 g/mol. The molecule has 6 nitrogen and oxygen atoms in total. The van der Waals surface area contributed by atoms with Gasteiger partial charge in [-0.15, -0.1) is 11.3 Å². The molecule has 0 N–H and O–H groups in total. The van der Waals surface area contributed by atoms with Crippen molar-refractivity contribution >= 4 is 27.3 Å².